The second kappa shape index (κ2) is 8.43. The number of amidine groups is 1. The number of carbonyl (C=O) groups is 3. The van der Waals surface area contributed by atoms with Crippen molar-refractivity contribution in [2.24, 2.45) is 4.99 Å². The van der Waals surface area contributed by atoms with Gasteiger partial charge in [-0.15, -0.1) is 0 Å². The van der Waals surface area contributed by atoms with Crippen LogP contribution in [0.15, 0.2) is 34.2 Å². The van der Waals surface area contributed by atoms with Gasteiger partial charge < -0.3 is 10.1 Å². The van der Waals surface area contributed by atoms with Gasteiger partial charge in [0.05, 0.1) is 17.9 Å². The van der Waals surface area contributed by atoms with Crippen molar-refractivity contribution in [3.63, 3.8) is 0 Å². The van der Waals surface area contributed by atoms with Gasteiger partial charge in [0, 0.05) is 12.1 Å². The smallest absolute Gasteiger partial charge is 0.321 e. The molecule has 140 valence electrons. The number of nitrogens with one attached hydrogen (secondary N) is 3. The van der Waals surface area contributed by atoms with Crippen LogP contribution in [-0.2, 0) is 24.3 Å². The van der Waals surface area contributed by atoms with Gasteiger partial charge in [0.2, 0.25) is 0 Å². The minimum atomic E-state index is -3.63. The molecule has 26 heavy (non-hydrogen) atoms. The fourth-order valence-corrected chi connectivity index (χ4v) is 3.35. The summed E-state index contributed by atoms with van der Waals surface area (Å²) in [5, 5.41) is 4.35. The van der Waals surface area contributed by atoms with Crippen LogP contribution in [0.25, 0.3) is 0 Å². The van der Waals surface area contributed by atoms with Crippen LogP contribution in [0.4, 0.5) is 4.79 Å². The van der Waals surface area contributed by atoms with Gasteiger partial charge >= 0.3 is 12.0 Å². The van der Waals surface area contributed by atoms with Gasteiger partial charge in [0.1, 0.15) is 5.84 Å². The van der Waals surface area contributed by atoms with Gasteiger partial charge in [0.15, 0.2) is 6.61 Å². The molecule has 0 aliphatic carbocycles. The monoisotopic (exact) mass is 382 g/mol. The lowest BCUT2D eigenvalue weighted by molar-refractivity contribution is -0.148. The van der Waals surface area contributed by atoms with E-state index < -0.39 is 34.5 Å². The third-order valence-electron chi connectivity index (χ3n) is 3.20. The Hall–Kier alpha value is -2.95. The first kappa shape index (κ1) is 19.4. The van der Waals surface area contributed by atoms with E-state index >= 15 is 0 Å². The highest BCUT2D eigenvalue weighted by molar-refractivity contribution is 7.90. The average Bonchev–Trinajstić information content (AvgIpc) is 2.84. The largest absolute Gasteiger partial charge is 0.456 e. The number of hydrogen-bond donors (Lipinski definition) is 3. The minimum Gasteiger partial charge on any atom is -0.456 e. The molecule has 11 heteroatoms. The number of hydrogen-bond acceptors (Lipinski definition) is 7. The molecule has 1 aromatic carbocycles. The van der Waals surface area contributed by atoms with Crippen LogP contribution in [0.2, 0.25) is 0 Å². The summed E-state index contributed by atoms with van der Waals surface area (Å²) in [5.74, 6) is -1.30. The Kier molecular flexibility index (Phi) is 6.28. The molecule has 0 bridgehead atoms. The number of carbonyl (C=O) groups excluding carboxylic acids is 3. The molecule has 2 rings (SSSR count). The SMILES string of the molecule is CCNC(=O)NC(=O)COC(=O)CCN=C1NS(=O)(=O)c2ccccc21. The number of amides is 3. The summed E-state index contributed by atoms with van der Waals surface area (Å²) in [7, 11) is -3.63. The highest BCUT2D eigenvalue weighted by atomic mass is 32.2. The van der Waals surface area contributed by atoms with Gasteiger partial charge in [-0.1, -0.05) is 12.1 Å². The molecule has 3 N–H and O–H groups in total. The topological polar surface area (TPSA) is 143 Å². The van der Waals surface area contributed by atoms with Gasteiger partial charge in [-0.2, -0.15) is 0 Å². The molecule has 1 heterocycles. The van der Waals surface area contributed by atoms with Crippen LogP contribution < -0.4 is 15.4 Å². The molecule has 0 saturated carbocycles. The number of benzene rings is 1. The molecule has 3 amide bonds. The van der Waals surface area contributed by atoms with E-state index in [4.69, 9.17) is 4.74 Å². The Balaban J connectivity index is 1.81. The number of fused-ring (bicyclic) bond motifs is 1. The first-order chi connectivity index (χ1) is 12.3. The van der Waals surface area contributed by atoms with Crippen molar-refractivity contribution in [3.8, 4) is 0 Å². The number of aliphatic imine (C=N–C) groups is 1. The van der Waals surface area contributed by atoms with Gasteiger partial charge in [-0.05, 0) is 19.1 Å². The van der Waals surface area contributed by atoms with Gasteiger partial charge in [0.25, 0.3) is 15.9 Å². The first-order valence-electron chi connectivity index (χ1n) is 7.73. The van der Waals surface area contributed by atoms with Crippen LogP contribution in [0.3, 0.4) is 0 Å². The van der Waals surface area contributed by atoms with E-state index in [2.05, 4.69) is 15.0 Å². The summed E-state index contributed by atoms with van der Waals surface area (Å²) in [6.07, 6.45) is -0.151. The molecule has 0 saturated heterocycles. The van der Waals surface area contributed by atoms with Gasteiger partial charge in [-0.3, -0.25) is 24.6 Å². The van der Waals surface area contributed by atoms with Crippen molar-refractivity contribution in [1.82, 2.24) is 15.4 Å². The fraction of sp³-hybridized carbons (Fsp3) is 0.333. The maximum absolute atomic E-state index is 11.9. The third-order valence-corrected chi connectivity index (χ3v) is 4.60. The molecule has 0 fully saturated rings. The zero-order valence-electron chi connectivity index (χ0n) is 13.9. The van der Waals surface area contributed by atoms with E-state index in [9.17, 15) is 22.8 Å². The lowest BCUT2D eigenvalue weighted by Crippen LogP contribution is -2.41. The summed E-state index contributed by atoms with van der Waals surface area (Å²) in [6.45, 7) is 1.42. The third kappa shape index (κ3) is 5.02. The standard InChI is InChI=1S/C15H18N4O6S/c1-2-16-15(22)18-12(20)9-25-13(21)7-8-17-14-10-5-3-4-6-11(10)26(23,24)19-14/h3-6H,2,7-9H2,1H3,(H,17,19)(H2,16,18,20,22). The number of rotatable bonds is 6. The van der Waals surface area contributed by atoms with E-state index in [1.807, 2.05) is 5.32 Å². The maximum Gasteiger partial charge on any atom is 0.321 e. The summed E-state index contributed by atoms with van der Waals surface area (Å²) in [4.78, 5) is 38.3. The van der Waals surface area contributed by atoms with Crippen LogP contribution in [-0.4, -0.2) is 51.9 Å². The highest BCUT2D eigenvalue weighted by Crippen LogP contribution is 2.22. The Labute approximate surface area is 150 Å². The number of esters is 1. The van der Waals surface area contributed by atoms with E-state index in [0.29, 0.717) is 12.1 Å². The molecule has 1 aliphatic rings. The first-order valence-corrected chi connectivity index (χ1v) is 9.21. The molecule has 1 aromatic rings. The van der Waals surface area contributed by atoms with Crippen LogP contribution >= 0.6 is 0 Å². The molecule has 0 aromatic heterocycles. The molecule has 0 atom stereocenters. The number of sulfonamides is 1. The summed E-state index contributed by atoms with van der Waals surface area (Å²) < 4.78 is 30.9. The van der Waals surface area contributed by atoms with Crippen molar-refractivity contribution in [3.05, 3.63) is 29.8 Å². The molecule has 1 aliphatic heterocycles. The minimum absolute atomic E-state index is 0.0248. The highest BCUT2D eigenvalue weighted by Gasteiger charge is 2.29. The second-order valence-corrected chi connectivity index (χ2v) is 6.80. The predicted molar refractivity (Wildman–Crippen MR) is 91.0 cm³/mol. The lowest BCUT2D eigenvalue weighted by atomic mass is 10.2. The quantitative estimate of drug-likeness (QED) is 0.566. The summed E-state index contributed by atoms with van der Waals surface area (Å²) in [5.41, 5.74) is 0.433. The van der Waals surface area contributed by atoms with E-state index in [1.54, 1.807) is 25.1 Å². The molecule has 10 nitrogen and oxygen atoms in total. The molecular weight excluding hydrogens is 364 g/mol. The van der Waals surface area contributed by atoms with Crippen LogP contribution in [0.5, 0.6) is 0 Å². The van der Waals surface area contributed by atoms with Crippen molar-refractivity contribution in [1.29, 1.82) is 0 Å². The van der Waals surface area contributed by atoms with Crippen molar-refractivity contribution in [2.45, 2.75) is 18.2 Å². The number of imide groups is 1. The molecule has 0 spiro atoms. The second-order valence-electron chi connectivity index (χ2n) is 5.15. The normalized spacial score (nSPS) is 15.7. The van der Waals surface area contributed by atoms with Crippen molar-refractivity contribution in [2.75, 3.05) is 19.7 Å². The molecule has 0 unspecified atom stereocenters. The lowest BCUT2D eigenvalue weighted by Gasteiger charge is -2.05. The van der Waals surface area contributed by atoms with E-state index in [-0.39, 0.29) is 23.7 Å². The Morgan fingerprint density at radius 3 is 2.69 bits per heavy atom. The Morgan fingerprint density at radius 1 is 1.23 bits per heavy atom. The summed E-state index contributed by atoms with van der Waals surface area (Å²) in [6, 6.07) is 5.67. The summed E-state index contributed by atoms with van der Waals surface area (Å²) >= 11 is 0. The van der Waals surface area contributed by atoms with Crippen molar-refractivity contribution < 1.29 is 27.5 Å². The van der Waals surface area contributed by atoms with Crippen LogP contribution in [0.1, 0.15) is 18.9 Å². The van der Waals surface area contributed by atoms with E-state index in [1.165, 1.54) is 6.07 Å². The Bertz CT molecular complexity index is 849. The fourth-order valence-electron chi connectivity index (χ4n) is 2.10. The predicted octanol–water partition coefficient (Wildman–Crippen LogP) is -0.496. The Morgan fingerprint density at radius 2 is 1.96 bits per heavy atom. The van der Waals surface area contributed by atoms with Crippen LogP contribution in [0, 0.1) is 0 Å². The number of nitrogens with zero attached hydrogens (tertiary/aromatic N) is 1. The molecular formula is C15H18N4O6S. The zero-order valence-corrected chi connectivity index (χ0v) is 14.8. The molecule has 0 radical (unpaired) electrons. The number of urea groups is 1. The number of ether oxygens (including phenoxy) is 1. The van der Waals surface area contributed by atoms with Gasteiger partial charge in [-0.25, -0.2) is 13.2 Å². The zero-order chi connectivity index (χ0) is 19.2. The van der Waals surface area contributed by atoms with E-state index in [0.717, 1.165) is 0 Å². The van der Waals surface area contributed by atoms with Crippen molar-refractivity contribution >= 4 is 33.8 Å². The average molecular weight is 382 g/mol. The maximum atomic E-state index is 11.9.